The Bertz CT molecular complexity index is 1460. The zero-order valence-electron chi connectivity index (χ0n) is 19.6. The van der Waals surface area contributed by atoms with Gasteiger partial charge in [-0.05, 0) is 66.6 Å². The number of carbonyl (C=O) groups excluding carboxylic acids is 1. The van der Waals surface area contributed by atoms with Crippen LogP contribution in [0.3, 0.4) is 0 Å². The summed E-state index contributed by atoms with van der Waals surface area (Å²) in [6, 6.07) is 7.16. The number of hydrogen-bond donors (Lipinski definition) is 1. The third kappa shape index (κ3) is 4.87. The van der Waals surface area contributed by atoms with E-state index in [1.807, 2.05) is 0 Å². The van der Waals surface area contributed by atoms with Crippen molar-refractivity contribution in [3.05, 3.63) is 77.9 Å². The lowest BCUT2D eigenvalue weighted by Gasteiger charge is -2.32. The number of benzene rings is 2. The molecular formula is C25H21F5N4O3S. The van der Waals surface area contributed by atoms with Crippen LogP contribution in [-0.2, 0) is 27.5 Å². The molecular weight excluding hydrogens is 531 g/mol. The quantitative estimate of drug-likeness (QED) is 0.464. The van der Waals surface area contributed by atoms with E-state index >= 15 is 0 Å². The van der Waals surface area contributed by atoms with Crippen LogP contribution >= 0.6 is 0 Å². The normalized spacial score (nSPS) is 21.6. The van der Waals surface area contributed by atoms with Gasteiger partial charge in [-0.3, -0.25) is 4.79 Å². The highest BCUT2D eigenvalue weighted by Crippen LogP contribution is 2.46. The van der Waals surface area contributed by atoms with Crippen LogP contribution in [0.2, 0.25) is 0 Å². The van der Waals surface area contributed by atoms with Gasteiger partial charge in [0.1, 0.15) is 17.7 Å². The van der Waals surface area contributed by atoms with Gasteiger partial charge in [0.15, 0.2) is 0 Å². The first-order chi connectivity index (χ1) is 17.9. The average Bonchev–Trinajstić information content (AvgIpc) is 3.13. The van der Waals surface area contributed by atoms with Gasteiger partial charge in [0.05, 0.1) is 4.90 Å². The van der Waals surface area contributed by atoms with E-state index in [9.17, 15) is 35.2 Å². The van der Waals surface area contributed by atoms with Crippen molar-refractivity contribution in [1.29, 1.82) is 0 Å². The van der Waals surface area contributed by atoms with Gasteiger partial charge in [-0.15, -0.1) is 0 Å². The molecule has 0 bridgehead atoms. The maximum atomic E-state index is 14.5. The number of halogens is 5. The Morgan fingerprint density at radius 1 is 1.00 bits per heavy atom. The van der Waals surface area contributed by atoms with Crippen molar-refractivity contribution in [2.24, 2.45) is 11.8 Å². The van der Waals surface area contributed by atoms with E-state index in [4.69, 9.17) is 0 Å². The van der Waals surface area contributed by atoms with Crippen LogP contribution in [0, 0.1) is 23.5 Å². The molecule has 1 aromatic heterocycles. The van der Waals surface area contributed by atoms with Gasteiger partial charge in [0.2, 0.25) is 21.8 Å². The Morgan fingerprint density at radius 2 is 1.68 bits per heavy atom. The number of hydrogen-bond acceptors (Lipinski definition) is 5. The molecule has 0 unspecified atom stereocenters. The van der Waals surface area contributed by atoms with Crippen LogP contribution in [0.25, 0.3) is 11.1 Å². The molecule has 1 amide bonds. The molecule has 2 fully saturated rings. The highest BCUT2D eigenvalue weighted by molar-refractivity contribution is 7.89. The zero-order valence-corrected chi connectivity index (χ0v) is 20.4. The maximum Gasteiger partial charge on any atom is 0.451 e. The first-order valence-corrected chi connectivity index (χ1v) is 13.1. The summed E-state index contributed by atoms with van der Waals surface area (Å²) in [4.78, 5) is 19.7. The van der Waals surface area contributed by atoms with Crippen molar-refractivity contribution in [2.75, 3.05) is 6.54 Å². The van der Waals surface area contributed by atoms with E-state index in [1.165, 1.54) is 12.1 Å². The molecule has 1 saturated heterocycles. The van der Waals surface area contributed by atoms with E-state index in [0.717, 1.165) is 53.5 Å². The van der Waals surface area contributed by atoms with Gasteiger partial charge >= 0.3 is 6.18 Å². The van der Waals surface area contributed by atoms with Gasteiger partial charge in [0.25, 0.3) is 0 Å². The van der Waals surface area contributed by atoms with Gasteiger partial charge < -0.3 is 5.32 Å². The van der Waals surface area contributed by atoms with Crippen LogP contribution in [0.15, 0.2) is 59.8 Å². The average molecular weight is 553 g/mol. The number of nitrogens with zero attached hydrogens (tertiary/aromatic N) is 3. The molecule has 7 nitrogen and oxygen atoms in total. The van der Waals surface area contributed by atoms with E-state index in [-0.39, 0.29) is 40.9 Å². The van der Waals surface area contributed by atoms with Crippen LogP contribution in [-0.4, -0.2) is 41.2 Å². The molecule has 2 heterocycles. The third-order valence-corrected chi connectivity index (χ3v) is 8.89. The van der Waals surface area contributed by atoms with Gasteiger partial charge in [-0.1, -0.05) is 6.07 Å². The summed E-state index contributed by atoms with van der Waals surface area (Å²) in [5, 5.41) is 2.61. The number of carbonyl (C=O) groups is 1. The van der Waals surface area contributed by atoms with E-state index in [2.05, 4.69) is 15.3 Å². The molecule has 2 aromatic carbocycles. The Labute approximate surface area is 214 Å². The van der Waals surface area contributed by atoms with Crippen molar-refractivity contribution < 1.29 is 35.2 Å². The van der Waals surface area contributed by atoms with Crippen molar-refractivity contribution in [3.8, 4) is 11.1 Å². The topological polar surface area (TPSA) is 92.3 Å². The van der Waals surface area contributed by atoms with E-state index < -0.39 is 45.6 Å². The smallest absolute Gasteiger partial charge is 0.351 e. The number of aromatic nitrogens is 2. The molecule has 2 aliphatic rings. The molecule has 1 saturated carbocycles. The zero-order chi connectivity index (χ0) is 27.2. The molecule has 200 valence electrons. The third-order valence-electron chi connectivity index (χ3n) is 7.03. The number of fused-ring (bicyclic) bond motifs is 1. The Kier molecular flexibility index (Phi) is 6.68. The standard InChI is InChI=1S/C25H21F5N4O3S/c26-18-3-5-19(6-4-18)38(36,37)34-13-15-1-7-20(15)22(34)23(35)31-10-16-9-14(2-8-21(16)27)17-11-32-24(33-12-17)25(28,29)30/h2-6,8-9,11-12,15,20,22H,1,7,10,13H2,(H,31,35)/t15-,20-,22-/m0/s1. The predicted molar refractivity (Wildman–Crippen MR) is 125 cm³/mol. The summed E-state index contributed by atoms with van der Waals surface area (Å²) >= 11 is 0. The summed E-state index contributed by atoms with van der Waals surface area (Å²) < 4.78 is 93.8. The van der Waals surface area contributed by atoms with Crippen LogP contribution < -0.4 is 5.32 Å². The number of amides is 1. The van der Waals surface area contributed by atoms with Crippen molar-refractivity contribution in [3.63, 3.8) is 0 Å². The molecule has 0 radical (unpaired) electrons. The number of rotatable bonds is 6. The minimum atomic E-state index is -4.70. The minimum absolute atomic E-state index is 0.0145. The summed E-state index contributed by atoms with van der Waals surface area (Å²) in [5.74, 6) is -3.32. The second-order valence-electron chi connectivity index (χ2n) is 9.29. The van der Waals surface area contributed by atoms with Crippen molar-refractivity contribution in [2.45, 2.75) is 36.5 Å². The fourth-order valence-corrected chi connectivity index (χ4v) is 6.60. The molecule has 3 aromatic rings. The number of sulfonamides is 1. The van der Waals surface area contributed by atoms with Crippen LogP contribution in [0.1, 0.15) is 24.2 Å². The van der Waals surface area contributed by atoms with Gasteiger partial charge in [-0.2, -0.15) is 17.5 Å². The molecule has 1 N–H and O–H groups in total. The van der Waals surface area contributed by atoms with E-state index in [1.54, 1.807) is 0 Å². The summed E-state index contributed by atoms with van der Waals surface area (Å²) in [5.41, 5.74) is 0.604. The summed E-state index contributed by atoms with van der Waals surface area (Å²) in [6.07, 6.45) is -1.32. The van der Waals surface area contributed by atoms with Crippen LogP contribution in [0.5, 0.6) is 0 Å². The highest BCUT2D eigenvalue weighted by Gasteiger charge is 2.54. The molecule has 38 heavy (non-hydrogen) atoms. The molecule has 13 heteroatoms. The molecule has 1 aliphatic carbocycles. The number of nitrogens with one attached hydrogen (secondary N) is 1. The number of alkyl halides is 3. The fourth-order valence-electron chi connectivity index (χ4n) is 4.91. The monoisotopic (exact) mass is 552 g/mol. The summed E-state index contributed by atoms with van der Waals surface area (Å²) in [7, 11) is -4.09. The Hall–Kier alpha value is -3.45. The molecule has 0 spiro atoms. The molecule has 3 atom stereocenters. The predicted octanol–water partition coefficient (Wildman–Crippen LogP) is 4.16. The van der Waals surface area contributed by atoms with Crippen molar-refractivity contribution in [1.82, 2.24) is 19.6 Å². The van der Waals surface area contributed by atoms with Crippen molar-refractivity contribution >= 4 is 15.9 Å². The Balaban J connectivity index is 1.34. The van der Waals surface area contributed by atoms with Gasteiger partial charge in [-0.25, -0.2) is 27.2 Å². The first kappa shape index (κ1) is 26.2. The van der Waals surface area contributed by atoms with Gasteiger partial charge in [0, 0.05) is 36.6 Å². The second-order valence-corrected chi connectivity index (χ2v) is 11.2. The molecule has 5 rings (SSSR count). The lowest BCUT2D eigenvalue weighted by molar-refractivity contribution is -0.145. The minimum Gasteiger partial charge on any atom is -0.351 e. The molecule has 1 aliphatic heterocycles. The lowest BCUT2D eigenvalue weighted by atomic mass is 9.73. The summed E-state index contributed by atoms with van der Waals surface area (Å²) in [6.45, 7) is -0.126. The fraction of sp³-hybridized carbons (Fsp3) is 0.320. The highest BCUT2D eigenvalue weighted by atomic mass is 32.2. The second kappa shape index (κ2) is 9.70. The van der Waals surface area contributed by atoms with Crippen LogP contribution in [0.4, 0.5) is 22.0 Å². The first-order valence-electron chi connectivity index (χ1n) is 11.7. The SMILES string of the molecule is O=C(NCc1cc(-c2cnc(C(F)(F)F)nc2)ccc1F)[C@@H]1[C@H]2CC[C@H]2CN1S(=O)(=O)c1ccc(F)cc1. The lowest BCUT2D eigenvalue weighted by Crippen LogP contribution is -2.49. The largest absolute Gasteiger partial charge is 0.451 e. The maximum absolute atomic E-state index is 14.5. The van der Waals surface area contributed by atoms with E-state index in [0.29, 0.717) is 12.0 Å². The Morgan fingerprint density at radius 3 is 2.29 bits per heavy atom.